The van der Waals surface area contributed by atoms with Crippen LogP contribution in [-0.4, -0.2) is 30.9 Å². The summed E-state index contributed by atoms with van der Waals surface area (Å²) < 4.78 is 0. The summed E-state index contributed by atoms with van der Waals surface area (Å²) in [5.41, 5.74) is 3.29. The van der Waals surface area contributed by atoms with Gasteiger partial charge in [-0.3, -0.25) is 14.9 Å². The van der Waals surface area contributed by atoms with Crippen LogP contribution < -0.4 is 15.1 Å². The molecule has 0 unspecified atom stereocenters. The van der Waals surface area contributed by atoms with Gasteiger partial charge in [0.1, 0.15) is 5.57 Å². The number of urea groups is 1. The molecular formula is C25H29N3O3. The fourth-order valence-corrected chi connectivity index (χ4v) is 3.62. The molecule has 0 aliphatic carbocycles. The topological polar surface area (TPSA) is 69.7 Å². The van der Waals surface area contributed by atoms with Crippen molar-refractivity contribution in [2.45, 2.75) is 40.0 Å². The third kappa shape index (κ3) is 4.68. The SMILES string of the molecule is CC[C@@H](C)c1ccc(N2C(=O)NC(=O)/C(=C\c3ccc(N(CC)CC)cc3)C2=O)cc1. The summed E-state index contributed by atoms with van der Waals surface area (Å²) in [5, 5.41) is 2.28. The number of carbonyl (C=O) groups excluding carboxylic acids is 3. The summed E-state index contributed by atoms with van der Waals surface area (Å²) >= 11 is 0. The second-order valence-corrected chi connectivity index (χ2v) is 7.62. The first-order chi connectivity index (χ1) is 14.9. The highest BCUT2D eigenvalue weighted by Crippen LogP contribution is 2.26. The zero-order valence-electron chi connectivity index (χ0n) is 18.5. The number of carbonyl (C=O) groups is 3. The molecule has 3 rings (SSSR count). The van der Waals surface area contributed by atoms with Crippen molar-refractivity contribution in [1.82, 2.24) is 5.32 Å². The zero-order valence-corrected chi connectivity index (χ0v) is 18.5. The molecule has 0 bridgehead atoms. The quantitative estimate of drug-likeness (QED) is 0.521. The molecule has 6 nitrogen and oxygen atoms in total. The molecule has 0 saturated carbocycles. The predicted octanol–water partition coefficient (Wildman–Crippen LogP) is 4.71. The molecule has 1 saturated heterocycles. The summed E-state index contributed by atoms with van der Waals surface area (Å²) in [6.07, 6.45) is 2.52. The predicted molar refractivity (Wildman–Crippen MR) is 124 cm³/mol. The highest BCUT2D eigenvalue weighted by molar-refractivity contribution is 6.39. The number of rotatable bonds is 7. The first-order valence-corrected chi connectivity index (χ1v) is 10.8. The molecule has 31 heavy (non-hydrogen) atoms. The van der Waals surface area contributed by atoms with Crippen molar-refractivity contribution in [3.05, 3.63) is 65.2 Å². The first-order valence-electron chi connectivity index (χ1n) is 10.8. The maximum absolute atomic E-state index is 13.1. The molecule has 162 valence electrons. The molecule has 2 aromatic carbocycles. The van der Waals surface area contributed by atoms with E-state index < -0.39 is 17.8 Å². The molecule has 0 radical (unpaired) electrons. The van der Waals surface area contributed by atoms with E-state index in [0.29, 0.717) is 11.6 Å². The fraction of sp³-hybridized carbons (Fsp3) is 0.320. The molecule has 1 aliphatic heterocycles. The highest BCUT2D eigenvalue weighted by Gasteiger charge is 2.36. The lowest BCUT2D eigenvalue weighted by Gasteiger charge is -2.26. The lowest BCUT2D eigenvalue weighted by Crippen LogP contribution is -2.54. The highest BCUT2D eigenvalue weighted by atomic mass is 16.2. The smallest absolute Gasteiger partial charge is 0.335 e. The number of nitrogens with one attached hydrogen (secondary N) is 1. The molecule has 1 aliphatic rings. The van der Waals surface area contributed by atoms with Crippen molar-refractivity contribution in [3.63, 3.8) is 0 Å². The number of benzene rings is 2. The third-order valence-electron chi connectivity index (χ3n) is 5.77. The van der Waals surface area contributed by atoms with E-state index in [1.54, 1.807) is 12.1 Å². The van der Waals surface area contributed by atoms with Crippen LogP contribution in [0.3, 0.4) is 0 Å². The van der Waals surface area contributed by atoms with Gasteiger partial charge in [0.05, 0.1) is 5.69 Å². The molecule has 4 amide bonds. The van der Waals surface area contributed by atoms with E-state index in [4.69, 9.17) is 0 Å². The van der Waals surface area contributed by atoms with Crippen LogP contribution in [0, 0.1) is 0 Å². The molecule has 1 atom stereocenters. The van der Waals surface area contributed by atoms with Gasteiger partial charge in [-0.15, -0.1) is 0 Å². The van der Waals surface area contributed by atoms with E-state index in [1.165, 1.54) is 6.08 Å². The average Bonchev–Trinajstić information content (AvgIpc) is 2.78. The number of imide groups is 2. The Hall–Kier alpha value is -3.41. The maximum Gasteiger partial charge on any atom is 0.335 e. The van der Waals surface area contributed by atoms with Crippen LogP contribution in [0.2, 0.25) is 0 Å². The van der Waals surface area contributed by atoms with Crippen LogP contribution >= 0.6 is 0 Å². The fourth-order valence-electron chi connectivity index (χ4n) is 3.62. The van der Waals surface area contributed by atoms with Crippen LogP contribution in [0.25, 0.3) is 6.08 Å². The average molecular weight is 420 g/mol. The molecule has 1 N–H and O–H groups in total. The van der Waals surface area contributed by atoms with Gasteiger partial charge < -0.3 is 4.90 Å². The summed E-state index contributed by atoms with van der Waals surface area (Å²) in [6, 6.07) is 14.2. The summed E-state index contributed by atoms with van der Waals surface area (Å²) in [7, 11) is 0. The largest absolute Gasteiger partial charge is 0.372 e. The standard InChI is InChI=1S/C25H29N3O3/c1-5-17(4)19-10-14-21(15-11-19)28-24(30)22(23(29)26-25(28)31)16-18-8-12-20(13-9-18)27(6-2)7-3/h8-17H,5-7H2,1-4H3,(H,26,29,31)/b22-16+/t17-/m1/s1. The summed E-state index contributed by atoms with van der Waals surface area (Å²) in [6.45, 7) is 10.2. The molecule has 2 aromatic rings. The van der Waals surface area contributed by atoms with Crippen molar-refractivity contribution in [2.75, 3.05) is 22.9 Å². The zero-order chi connectivity index (χ0) is 22.5. The summed E-state index contributed by atoms with van der Waals surface area (Å²) in [5.74, 6) is -0.926. The lowest BCUT2D eigenvalue weighted by molar-refractivity contribution is -0.122. The Morgan fingerprint density at radius 1 is 0.935 bits per heavy atom. The monoisotopic (exact) mass is 419 g/mol. The van der Waals surface area contributed by atoms with Crippen LogP contribution in [0.5, 0.6) is 0 Å². The Morgan fingerprint density at radius 2 is 1.55 bits per heavy atom. The van der Waals surface area contributed by atoms with Crippen LogP contribution in [0.4, 0.5) is 16.2 Å². The van der Waals surface area contributed by atoms with E-state index in [2.05, 4.69) is 37.9 Å². The first kappa shape index (κ1) is 22.3. The molecule has 1 heterocycles. The molecule has 0 aromatic heterocycles. The minimum atomic E-state index is -0.736. The van der Waals surface area contributed by atoms with Crippen molar-refractivity contribution in [2.24, 2.45) is 0 Å². The Balaban J connectivity index is 1.88. The number of barbiturate groups is 1. The van der Waals surface area contributed by atoms with Crippen molar-refractivity contribution in [1.29, 1.82) is 0 Å². The number of hydrogen-bond donors (Lipinski definition) is 1. The molecule has 0 spiro atoms. The third-order valence-corrected chi connectivity index (χ3v) is 5.77. The van der Waals surface area contributed by atoms with Crippen LogP contribution in [0.15, 0.2) is 54.1 Å². The van der Waals surface area contributed by atoms with Crippen molar-refractivity contribution in [3.8, 4) is 0 Å². The Labute approximate surface area is 183 Å². The van der Waals surface area contributed by atoms with Gasteiger partial charge in [-0.25, -0.2) is 9.69 Å². The molecular weight excluding hydrogens is 390 g/mol. The Kier molecular flexibility index (Phi) is 6.90. The van der Waals surface area contributed by atoms with Gasteiger partial charge in [-0.05, 0) is 67.7 Å². The van der Waals surface area contributed by atoms with Gasteiger partial charge in [-0.1, -0.05) is 38.1 Å². The van der Waals surface area contributed by atoms with E-state index in [0.717, 1.165) is 41.2 Å². The van der Waals surface area contributed by atoms with Gasteiger partial charge in [0, 0.05) is 18.8 Å². The normalized spacial score (nSPS) is 16.5. The second kappa shape index (κ2) is 9.60. The van der Waals surface area contributed by atoms with Gasteiger partial charge >= 0.3 is 6.03 Å². The van der Waals surface area contributed by atoms with Crippen LogP contribution in [0.1, 0.15) is 51.2 Å². The Bertz CT molecular complexity index is 990. The number of nitrogens with zero attached hydrogens (tertiary/aromatic N) is 2. The molecule has 1 fully saturated rings. The Morgan fingerprint density at radius 3 is 2.10 bits per heavy atom. The van der Waals surface area contributed by atoms with Crippen molar-refractivity contribution >= 4 is 35.3 Å². The maximum atomic E-state index is 13.1. The minimum absolute atomic E-state index is 0.0683. The van der Waals surface area contributed by atoms with Gasteiger partial charge in [0.15, 0.2) is 0 Å². The summed E-state index contributed by atoms with van der Waals surface area (Å²) in [4.78, 5) is 41.1. The van der Waals surface area contributed by atoms with Crippen molar-refractivity contribution < 1.29 is 14.4 Å². The van der Waals surface area contributed by atoms with Gasteiger partial charge in [0.2, 0.25) is 0 Å². The van der Waals surface area contributed by atoms with Gasteiger partial charge in [-0.2, -0.15) is 0 Å². The second-order valence-electron chi connectivity index (χ2n) is 7.62. The van der Waals surface area contributed by atoms with Crippen LogP contribution in [-0.2, 0) is 9.59 Å². The van der Waals surface area contributed by atoms with E-state index >= 15 is 0 Å². The minimum Gasteiger partial charge on any atom is -0.372 e. The van der Waals surface area contributed by atoms with E-state index in [1.807, 2.05) is 36.4 Å². The lowest BCUT2D eigenvalue weighted by atomic mass is 9.98. The van der Waals surface area contributed by atoms with E-state index in [-0.39, 0.29) is 5.57 Å². The van der Waals surface area contributed by atoms with Gasteiger partial charge in [0.25, 0.3) is 11.8 Å². The number of amides is 4. The number of hydrogen-bond acceptors (Lipinski definition) is 4. The molecule has 6 heteroatoms. The van der Waals surface area contributed by atoms with E-state index in [9.17, 15) is 14.4 Å². The number of anilines is 2.